The predicted octanol–water partition coefficient (Wildman–Crippen LogP) is 5.01. The molecule has 0 fully saturated rings. The standard InChI is InChI=1S/C23H28Cl2N2O3/c1-4-5-12-26-23(29)17(3)27(14-18-8-6-16(2)7-9-18)22(28)15-30-21-11-10-19(24)13-20(21)25/h6-11,13,17H,4-5,12,14-15H2,1-3H3,(H,26,29)/t17-/m1/s1. The van der Waals surface area contributed by atoms with E-state index in [2.05, 4.69) is 12.2 Å². The molecule has 2 aromatic rings. The van der Waals surface area contributed by atoms with E-state index in [1.54, 1.807) is 25.1 Å². The number of ether oxygens (including phenoxy) is 1. The van der Waals surface area contributed by atoms with Gasteiger partial charge in [-0.15, -0.1) is 0 Å². The number of benzene rings is 2. The van der Waals surface area contributed by atoms with Crippen LogP contribution in [0.4, 0.5) is 0 Å². The number of unbranched alkanes of at least 4 members (excludes halogenated alkanes) is 1. The molecule has 2 rings (SSSR count). The van der Waals surface area contributed by atoms with Gasteiger partial charge >= 0.3 is 0 Å². The van der Waals surface area contributed by atoms with Gasteiger partial charge in [0.25, 0.3) is 5.91 Å². The van der Waals surface area contributed by atoms with E-state index < -0.39 is 6.04 Å². The number of nitrogens with zero attached hydrogens (tertiary/aromatic N) is 1. The van der Waals surface area contributed by atoms with Crippen LogP contribution in [0.25, 0.3) is 0 Å². The van der Waals surface area contributed by atoms with E-state index >= 15 is 0 Å². The summed E-state index contributed by atoms with van der Waals surface area (Å²) < 4.78 is 5.61. The molecule has 0 heterocycles. The maximum absolute atomic E-state index is 13.0. The molecule has 0 saturated carbocycles. The Labute approximate surface area is 188 Å². The Kier molecular flexibility index (Phi) is 9.47. The van der Waals surface area contributed by atoms with Crippen molar-refractivity contribution in [2.24, 2.45) is 0 Å². The minimum Gasteiger partial charge on any atom is -0.482 e. The lowest BCUT2D eigenvalue weighted by molar-refractivity contribution is -0.142. The number of amides is 2. The average Bonchev–Trinajstić information content (AvgIpc) is 2.72. The molecule has 0 unspecified atom stereocenters. The Morgan fingerprint density at radius 3 is 2.47 bits per heavy atom. The number of hydrogen-bond acceptors (Lipinski definition) is 3. The fourth-order valence-corrected chi connectivity index (χ4v) is 3.29. The monoisotopic (exact) mass is 450 g/mol. The molecule has 0 aromatic heterocycles. The van der Waals surface area contributed by atoms with E-state index in [0.717, 1.165) is 24.0 Å². The maximum Gasteiger partial charge on any atom is 0.261 e. The summed E-state index contributed by atoms with van der Waals surface area (Å²) in [7, 11) is 0. The van der Waals surface area contributed by atoms with E-state index in [1.807, 2.05) is 31.2 Å². The highest BCUT2D eigenvalue weighted by Crippen LogP contribution is 2.27. The fourth-order valence-electron chi connectivity index (χ4n) is 2.82. The van der Waals surface area contributed by atoms with Crippen molar-refractivity contribution in [3.05, 3.63) is 63.6 Å². The van der Waals surface area contributed by atoms with E-state index in [-0.39, 0.29) is 18.4 Å². The molecule has 0 spiro atoms. The normalized spacial score (nSPS) is 11.6. The number of carbonyl (C=O) groups excluding carboxylic acids is 2. The van der Waals surface area contributed by atoms with Crippen molar-refractivity contribution in [3.63, 3.8) is 0 Å². The second-order valence-corrected chi connectivity index (χ2v) is 8.03. The molecule has 7 heteroatoms. The molecule has 0 aliphatic carbocycles. The van der Waals surface area contributed by atoms with Gasteiger partial charge in [0.1, 0.15) is 11.8 Å². The van der Waals surface area contributed by atoms with E-state index in [9.17, 15) is 9.59 Å². The summed E-state index contributed by atoms with van der Waals surface area (Å²) in [6.07, 6.45) is 1.87. The Bertz CT molecular complexity index is 856. The first-order chi connectivity index (χ1) is 14.3. The molecule has 0 saturated heterocycles. The third kappa shape index (κ3) is 7.22. The molecule has 5 nitrogen and oxygen atoms in total. The SMILES string of the molecule is CCCCNC(=O)[C@@H](C)N(Cc1ccc(C)cc1)C(=O)COc1ccc(Cl)cc1Cl. The Morgan fingerprint density at radius 2 is 1.83 bits per heavy atom. The highest BCUT2D eigenvalue weighted by atomic mass is 35.5. The van der Waals surface area contributed by atoms with Crippen LogP contribution in [0.3, 0.4) is 0 Å². The first-order valence-corrected chi connectivity index (χ1v) is 10.8. The van der Waals surface area contributed by atoms with Crippen molar-refractivity contribution >= 4 is 35.0 Å². The van der Waals surface area contributed by atoms with Crippen LogP contribution in [0.2, 0.25) is 10.0 Å². The number of aryl methyl sites for hydroxylation is 1. The lowest BCUT2D eigenvalue weighted by Gasteiger charge is -2.29. The molecule has 0 aliphatic heterocycles. The first kappa shape index (κ1) is 24.0. The maximum atomic E-state index is 13.0. The van der Waals surface area contributed by atoms with Crippen LogP contribution in [0.5, 0.6) is 5.75 Å². The quantitative estimate of drug-likeness (QED) is 0.517. The number of nitrogens with one attached hydrogen (secondary N) is 1. The number of rotatable bonds is 10. The Balaban J connectivity index is 2.12. The molecule has 162 valence electrons. The topological polar surface area (TPSA) is 58.6 Å². The molecule has 0 bridgehead atoms. The van der Waals surface area contributed by atoms with Crippen molar-refractivity contribution in [2.75, 3.05) is 13.2 Å². The van der Waals surface area contributed by atoms with Gasteiger partial charge in [-0.1, -0.05) is 66.4 Å². The molecule has 30 heavy (non-hydrogen) atoms. The molecule has 1 N–H and O–H groups in total. The first-order valence-electron chi connectivity index (χ1n) is 10.0. The molecule has 2 amide bonds. The summed E-state index contributed by atoms with van der Waals surface area (Å²) in [5.74, 6) is -0.127. The van der Waals surface area contributed by atoms with E-state index in [4.69, 9.17) is 27.9 Å². The van der Waals surface area contributed by atoms with Crippen LogP contribution in [-0.2, 0) is 16.1 Å². The zero-order valence-electron chi connectivity index (χ0n) is 17.6. The number of carbonyl (C=O) groups is 2. The Hall–Kier alpha value is -2.24. The molecule has 0 aliphatic rings. The minimum absolute atomic E-state index is 0.187. The van der Waals surface area contributed by atoms with Crippen LogP contribution < -0.4 is 10.1 Å². The highest BCUT2D eigenvalue weighted by Gasteiger charge is 2.26. The van der Waals surface area contributed by atoms with Crippen LogP contribution in [-0.4, -0.2) is 35.9 Å². The van der Waals surface area contributed by atoms with Crippen LogP contribution in [0.1, 0.15) is 37.8 Å². The van der Waals surface area contributed by atoms with Crippen LogP contribution in [0, 0.1) is 6.92 Å². The smallest absolute Gasteiger partial charge is 0.261 e. The van der Waals surface area contributed by atoms with E-state index in [1.165, 1.54) is 4.90 Å². The summed E-state index contributed by atoms with van der Waals surface area (Å²) in [5, 5.41) is 3.70. The fraction of sp³-hybridized carbons (Fsp3) is 0.391. The zero-order chi connectivity index (χ0) is 22.1. The largest absolute Gasteiger partial charge is 0.482 e. The number of hydrogen-bond donors (Lipinski definition) is 1. The van der Waals surface area contributed by atoms with Gasteiger partial charge in [-0.05, 0) is 44.0 Å². The minimum atomic E-state index is -0.639. The van der Waals surface area contributed by atoms with Gasteiger partial charge in [0.15, 0.2) is 6.61 Å². The molecule has 0 radical (unpaired) electrons. The highest BCUT2D eigenvalue weighted by molar-refractivity contribution is 6.35. The average molecular weight is 451 g/mol. The van der Waals surface area contributed by atoms with Crippen LogP contribution in [0.15, 0.2) is 42.5 Å². The van der Waals surface area contributed by atoms with Crippen molar-refractivity contribution in [2.45, 2.75) is 46.2 Å². The second kappa shape index (κ2) is 11.8. The summed E-state index contributed by atoms with van der Waals surface area (Å²) in [6, 6.07) is 12.0. The number of halogens is 2. The van der Waals surface area contributed by atoms with E-state index in [0.29, 0.717) is 28.9 Å². The van der Waals surface area contributed by atoms with Gasteiger partial charge in [-0.3, -0.25) is 9.59 Å². The Morgan fingerprint density at radius 1 is 1.13 bits per heavy atom. The van der Waals surface area contributed by atoms with Gasteiger partial charge < -0.3 is 15.0 Å². The lowest BCUT2D eigenvalue weighted by Crippen LogP contribution is -2.49. The van der Waals surface area contributed by atoms with Gasteiger partial charge in [0, 0.05) is 18.1 Å². The van der Waals surface area contributed by atoms with Crippen LogP contribution >= 0.6 is 23.2 Å². The zero-order valence-corrected chi connectivity index (χ0v) is 19.1. The summed E-state index contributed by atoms with van der Waals surface area (Å²) in [4.78, 5) is 27.1. The summed E-state index contributed by atoms with van der Waals surface area (Å²) in [5.41, 5.74) is 2.06. The third-order valence-corrected chi connectivity index (χ3v) is 5.25. The third-order valence-electron chi connectivity index (χ3n) is 4.72. The van der Waals surface area contributed by atoms with Gasteiger partial charge in [-0.2, -0.15) is 0 Å². The van der Waals surface area contributed by atoms with Crippen molar-refractivity contribution in [1.29, 1.82) is 0 Å². The van der Waals surface area contributed by atoms with Crippen molar-refractivity contribution in [1.82, 2.24) is 10.2 Å². The second-order valence-electron chi connectivity index (χ2n) is 7.19. The summed E-state index contributed by atoms with van der Waals surface area (Å²) in [6.45, 7) is 6.44. The molecular formula is C23H28Cl2N2O3. The van der Waals surface area contributed by atoms with Gasteiger partial charge in [-0.25, -0.2) is 0 Å². The van der Waals surface area contributed by atoms with Crippen molar-refractivity contribution < 1.29 is 14.3 Å². The predicted molar refractivity (Wildman–Crippen MR) is 121 cm³/mol. The van der Waals surface area contributed by atoms with Gasteiger partial charge in [0.2, 0.25) is 5.91 Å². The molecular weight excluding hydrogens is 423 g/mol. The van der Waals surface area contributed by atoms with Gasteiger partial charge in [0.05, 0.1) is 5.02 Å². The molecule has 2 aromatic carbocycles. The lowest BCUT2D eigenvalue weighted by atomic mass is 10.1. The van der Waals surface area contributed by atoms with Crippen molar-refractivity contribution in [3.8, 4) is 5.75 Å². The summed E-state index contributed by atoms with van der Waals surface area (Å²) >= 11 is 12.0. The molecule has 1 atom stereocenters.